The predicted octanol–water partition coefficient (Wildman–Crippen LogP) is 3.98. The van der Waals surface area contributed by atoms with Gasteiger partial charge in [-0.3, -0.25) is 0 Å². The number of alkyl halides is 3. The SMILES string of the molecule is NC(=S)c1cc(C(F)(F)F)ccc1OCc1cccs1. The van der Waals surface area contributed by atoms with Crippen LogP contribution in [0.5, 0.6) is 5.75 Å². The molecule has 1 aromatic heterocycles. The minimum atomic E-state index is -4.44. The summed E-state index contributed by atoms with van der Waals surface area (Å²) in [6.07, 6.45) is -4.44. The number of ether oxygens (including phenoxy) is 1. The van der Waals surface area contributed by atoms with E-state index in [0.29, 0.717) is 0 Å². The molecular weight excluding hydrogens is 307 g/mol. The Morgan fingerprint density at radius 3 is 2.60 bits per heavy atom. The van der Waals surface area contributed by atoms with Gasteiger partial charge in [-0.15, -0.1) is 11.3 Å². The Morgan fingerprint density at radius 1 is 1.30 bits per heavy atom. The van der Waals surface area contributed by atoms with Crippen molar-refractivity contribution in [1.29, 1.82) is 0 Å². The Hall–Kier alpha value is -1.60. The first kappa shape index (κ1) is 14.8. The lowest BCUT2D eigenvalue weighted by molar-refractivity contribution is -0.137. The Morgan fingerprint density at radius 2 is 2.05 bits per heavy atom. The van der Waals surface area contributed by atoms with Crippen LogP contribution >= 0.6 is 23.6 Å². The van der Waals surface area contributed by atoms with Crippen molar-refractivity contribution in [3.8, 4) is 5.75 Å². The van der Waals surface area contributed by atoms with Crippen LogP contribution in [0.15, 0.2) is 35.7 Å². The summed E-state index contributed by atoms with van der Waals surface area (Å²) >= 11 is 6.27. The van der Waals surface area contributed by atoms with Gasteiger partial charge in [-0.1, -0.05) is 18.3 Å². The zero-order valence-electron chi connectivity index (χ0n) is 10.1. The lowest BCUT2D eigenvalue weighted by Gasteiger charge is -2.13. The summed E-state index contributed by atoms with van der Waals surface area (Å²) in [5, 5.41) is 1.89. The van der Waals surface area contributed by atoms with Gasteiger partial charge in [0.25, 0.3) is 0 Å². The third-order valence-corrected chi connectivity index (χ3v) is 3.59. The van der Waals surface area contributed by atoms with Gasteiger partial charge in [0, 0.05) is 4.88 Å². The van der Waals surface area contributed by atoms with Crippen LogP contribution in [0, 0.1) is 0 Å². The number of thiocarbonyl (C=S) groups is 1. The van der Waals surface area contributed by atoms with Crippen LogP contribution in [0.2, 0.25) is 0 Å². The molecule has 0 saturated carbocycles. The molecule has 1 heterocycles. The standard InChI is InChI=1S/C13H10F3NOS2/c14-13(15,16)8-3-4-11(10(6-8)12(17)19)18-7-9-2-1-5-20-9/h1-6H,7H2,(H2,17,19). The third-order valence-electron chi connectivity index (χ3n) is 2.52. The summed E-state index contributed by atoms with van der Waals surface area (Å²) in [6.45, 7) is 0.263. The molecule has 0 atom stereocenters. The Kier molecular flexibility index (Phi) is 4.29. The number of halogens is 3. The van der Waals surface area contributed by atoms with Crippen molar-refractivity contribution in [2.45, 2.75) is 12.8 Å². The molecule has 106 valence electrons. The summed E-state index contributed by atoms with van der Waals surface area (Å²) < 4.78 is 43.4. The first-order chi connectivity index (χ1) is 9.38. The van der Waals surface area contributed by atoms with Crippen LogP contribution in [0.1, 0.15) is 16.0 Å². The van der Waals surface area contributed by atoms with Crippen LogP contribution in [-0.4, -0.2) is 4.99 Å². The van der Waals surface area contributed by atoms with Crippen LogP contribution in [0.4, 0.5) is 13.2 Å². The first-order valence-corrected chi connectivity index (χ1v) is 6.83. The predicted molar refractivity (Wildman–Crippen MR) is 76.0 cm³/mol. The monoisotopic (exact) mass is 317 g/mol. The second-order valence-corrected chi connectivity index (χ2v) is 5.41. The summed E-state index contributed by atoms with van der Waals surface area (Å²) in [7, 11) is 0. The highest BCUT2D eigenvalue weighted by molar-refractivity contribution is 7.80. The van der Waals surface area contributed by atoms with Crippen LogP contribution in [-0.2, 0) is 12.8 Å². The lowest BCUT2D eigenvalue weighted by atomic mass is 10.1. The number of nitrogens with two attached hydrogens (primary N) is 1. The molecule has 2 N–H and O–H groups in total. The molecule has 0 bridgehead atoms. The van der Waals surface area contributed by atoms with E-state index in [0.717, 1.165) is 17.0 Å². The highest BCUT2D eigenvalue weighted by atomic mass is 32.1. The number of rotatable bonds is 4. The number of hydrogen-bond acceptors (Lipinski definition) is 3. The summed E-state index contributed by atoms with van der Waals surface area (Å²) in [4.78, 5) is 0.830. The molecule has 0 fully saturated rings. The fourth-order valence-electron chi connectivity index (χ4n) is 1.57. The van der Waals surface area contributed by atoms with E-state index in [2.05, 4.69) is 0 Å². The van der Waals surface area contributed by atoms with E-state index in [9.17, 15) is 13.2 Å². The van der Waals surface area contributed by atoms with Crippen molar-refractivity contribution in [2.75, 3.05) is 0 Å². The van der Waals surface area contributed by atoms with Gasteiger partial charge in [-0.25, -0.2) is 0 Å². The molecular formula is C13H10F3NOS2. The molecule has 0 aliphatic rings. The molecule has 2 nitrogen and oxygen atoms in total. The van der Waals surface area contributed by atoms with Crippen molar-refractivity contribution >= 4 is 28.5 Å². The van der Waals surface area contributed by atoms with E-state index in [-0.39, 0.29) is 22.9 Å². The van der Waals surface area contributed by atoms with E-state index in [1.165, 1.54) is 17.4 Å². The molecule has 0 unspecified atom stereocenters. The Labute approximate surface area is 123 Å². The average molecular weight is 317 g/mol. The van der Waals surface area contributed by atoms with Gasteiger partial charge in [0.2, 0.25) is 0 Å². The molecule has 0 radical (unpaired) electrons. The van der Waals surface area contributed by atoms with E-state index in [4.69, 9.17) is 22.7 Å². The number of benzene rings is 1. The Balaban J connectivity index is 2.26. The van der Waals surface area contributed by atoms with Crippen molar-refractivity contribution in [1.82, 2.24) is 0 Å². The maximum atomic E-state index is 12.6. The smallest absolute Gasteiger partial charge is 0.416 e. The summed E-state index contributed by atoms with van der Waals surface area (Å²) in [6, 6.07) is 6.84. The van der Waals surface area contributed by atoms with Gasteiger partial charge >= 0.3 is 6.18 Å². The molecule has 2 aromatic rings. The molecule has 0 saturated heterocycles. The van der Waals surface area contributed by atoms with Gasteiger partial charge in [0.05, 0.1) is 11.1 Å². The highest BCUT2D eigenvalue weighted by Gasteiger charge is 2.31. The van der Waals surface area contributed by atoms with Crippen molar-refractivity contribution in [3.05, 3.63) is 51.7 Å². The van der Waals surface area contributed by atoms with Gasteiger partial charge < -0.3 is 10.5 Å². The zero-order chi connectivity index (χ0) is 14.8. The minimum absolute atomic E-state index is 0.0892. The molecule has 0 aliphatic carbocycles. The van der Waals surface area contributed by atoms with E-state index >= 15 is 0 Å². The first-order valence-electron chi connectivity index (χ1n) is 5.54. The van der Waals surface area contributed by atoms with Crippen molar-refractivity contribution in [2.24, 2.45) is 5.73 Å². The van der Waals surface area contributed by atoms with Crippen LogP contribution < -0.4 is 10.5 Å². The molecule has 7 heteroatoms. The van der Waals surface area contributed by atoms with E-state index < -0.39 is 11.7 Å². The molecule has 0 amide bonds. The zero-order valence-corrected chi connectivity index (χ0v) is 11.7. The number of thiophene rings is 1. The number of hydrogen-bond donors (Lipinski definition) is 1. The van der Waals surface area contributed by atoms with E-state index in [1.54, 1.807) is 0 Å². The normalized spacial score (nSPS) is 11.3. The van der Waals surface area contributed by atoms with Gasteiger partial charge in [0.1, 0.15) is 17.3 Å². The lowest BCUT2D eigenvalue weighted by Crippen LogP contribution is -2.14. The Bertz CT molecular complexity index is 609. The van der Waals surface area contributed by atoms with Crippen molar-refractivity contribution < 1.29 is 17.9 Å². The molecule has 1 aromatic carbocycles. The largest absolute Gasteiger partial charge is 0.487 e. The second kappa shape index (κ2) is 5.80. The minimum Gasteiger partial charge on any atom is -0.487 e. The molecule has 20 heavy (non-hydrogen) atoms. The second-order valence-electron chi connectivity index (χ2n) is 3.94. The maximum Gasteiger partial charge on any atom is 0.416 e. The average Bonchev–Trinajstić information content (AvgIpc) is 2.88. The summed E-state index contributed by atoms with van der Waals surface area (Å²) in [5.41, 5.74) is 4.75. The fraction of sp³-hybridized carbons (Fsp3) is 0.154. The molecule has 2 rings (SSSR count). The van der Waals surface area contributed by atoms with Crippen LogP contribution in [0.3, 0.4) is 0 Å². The topological polar surface area (TPSA) is 35.2 Å². The quantitative estimate of drug-likeness (QED) is 0.866. The fourth-order valence-corrected chi connectivity index (χ4v) is 2.34. The van der Waals surface area contributed by atoms with Crippen molar-refractivity contribution in [3.63, 3.8) is 0 Å². The third kappa shape index (κ3) is 3.49. The highest BCUT2D eigenvalue weighted by Crippen LogP contribution is 2.33. The molecule has 0 aliphatic heterocycles. The molecule has 0 spiro atoms. The van der Waals surface area contributed by atoms with Gasteiger partial charge in [-0.2, -0.15) is 13.2 Å². The maximum absolute atomic E-state index is 12.6. The van der Waals surface area contributed by atoms with Gasteiger partial charge in [0.15, 0.2) is 0 Å². The van der Waals surface area contributed by atoms with Crippen LogP contribution in [0.25, 0.3) is 0 Å². The van der Waals surface area contributed by atoms with E-state index in [1.807, 2.05) is 17.5 Å². The summed E-state index contributed by atoms with van der Waals surface area (Å²) in [5.74, 6) is 0.249. The van der Waals surface area contributed by atoms with Gasteiger partial charge in [-0.05, 0) is 29.6 Å².